The zero-order valence-electron chi connectivity index (χ0n) is 15.8. The molecule has 0 aliphatic rings. The molecule has 2 aromatic rings. The Morgan fingerprint density at radius 3 is 2.54 bits per heavy atom. The van der Waals surface area contributed by atoms with Crippen LogP contribution in [0, 0.1) is 11.3 Å². The molecule has 146 valence electrons. The number of nitriles is 1. The second-order valence-electron chi connectivity index (χ2n) is 6.06. The van der Waals surface area contributed by atoms with Crippen molar-refractivity contribution in [2.75, 3.05) is 11.9 Å². The maximum atomic E-state index is 12.4. The molecule has 28 heavy (non-hydrogen) atoms. The van der Waals surface area contributed by atoms with Crippen molar-refractivity contribution in [1.29, 1.82) is 5.26 Å². The molecule has 0 spiro atoms. The Balaban J connectivity index is 2.27. The van der Waals surface area contributed by atoms with Gasteiger partial charge in [-0.25, -0.2) is 0 Å². The van der Waals surface area contributed by atoms with Gasteiger partial charge in [0.25, 0.3) is 5.91 Å². The zero-order chi connectivity index (χ0) is 20.7. The lowest BCUT2D eigenvalue weighted by Crippen LogP contribution is -2.13. The van der Waals surface area contributed by atoms with Crippen molar-refractivity contribution in [3.8, 4) is 17.6 Å². The van der Waals surface area contributed by atoms with Gasteiger partial charge in [-0.05, 0) is 62.7 Å². The molecule has 0 atom stereocenters. The minimum absolute atomic E-state index is 0.00718. The SMILES string of the molecule is CCOc1cc(/C=C(\C#N)C(=O)Nc2ccc(Cl)c(Cl)c2)ccc1OC(C)C. The predicted molar refractivity (Wildman–Crippen MR) is 112 cm³/mol. The van der Waals surface area contributed by atoms with Crippen LogP contribution in [-0.2, 0) is 4.79 Å². The Labute approximate surface area is 174 Å². The molecule has 0 heterocycles. The number of halogens is 2. The number of nitrogens with zero attached hydrogens (tertiary/aromatic N) is 1. The van der Waals surface area contributed by atoms with E-state index in [9.17, 15) is 10.1 Å². The summed E-state index contributed by atoms with van der Waals surface area (Å²) in [7, 11) is 0. The van der Waals surface area contributed by atoms with E-state index in [1.54, 1.807) is 30.3 Å². The molecular weight excluding hydrogens is 399 g/mol. The van der Waals surface area contributed by atoms with E-state index in [1.165, 1.54) is 12.1 Å². The smallest absolute Gasteiger partial charge is 0.266 e. The molecule has 2 aromatic carbocycles. The molecule has 5 nitrogen and oxygen atoms in total. The van der Waals surface area contributed by atoms with Crippen molar-refractivity contribution in [2.24, 2.45) is 0 Å². The van der Waals surface area contributed by atoms with E-state index >= 15 is 0 Å². The van der Waals surface area contributed by atoms with Gasteiger partial charge in [0.15, 0.2) is 11.5 Å². The summed E-state index contributed by atoms with van der Waals surface area (Å²) < 4.78 is 11.3. The number of hydrogen-bond acceptors (Lipinski definition) is 4. The molecule has 1 N–H and O–H groups in total. The van der Waals surface area contributed by atoms with Crippen LogP contribution in [0.25, 0.3) is 6.08 Å². The van der Waals surface area contributed by atoms with Gasteiger partial charge in [0.1, 0.15) is 11.6 Å². The fourth-order valence-corrected chi connectivity index (χ4v) is 2.62. The first kappa shape index (κ1) is 21.6. The summed E-state index contributed by atoms with van der Waals surface area (Å²) in [5, 5.41) is 12.7. The number of carbonyl (C=O) groups is 1. The summed E-state index contributed by atoms with van der Waals surface area (Å²) in [5.41, 5.74) is 1.02. The molecule has 2 rings (SSSR count). The maximum Gasteiger partial charge on any atom is 0.266 e. The lowest BCUT2D eigenvalue weighted by atomic mass is 10.1. The second-order valence-corrected chi connectivity index (χ2v) is 6.87. The van der Waals surface area contributed by atoms with Crippen LogP contribution in [-0.4, -0.2) is 18.6 Å². The maximum absolute atomic E-state index is 12.4. The van der Waals surface area contributed by atoms with Crippen LogP contribution in [0.3, 0.4) is 0 Å². The van der Waals surface area contributed by atoms with Crippen molar-refractivity contribution in [1.82, 2.24) is 0 Å². The average molecular weight is 419 g/mol. The van der Waals surface area contributed by atoms with Gasteiger partial charge in [0, 0.05) is 5.69 Å². The standard InChI is InChI=1S/C21H20Cl2N2O3/c1-4-27-20-10-14(5-8-19(20)28-13(2)3)9-15(12-24)21(26)25-16-6-7-17(22)18(23)11-16/h5-11,13H,4H2,1-3H3,(H,25,26)/b15-9+. The molecule has 0 radical (unpaired) electrons. The normalized spacial score (nSPS) is 11.1. The fourth-order valence-electron chi connectivity index (χ4n) is 2.32. The number of anilines is 1. The zero-order valence-corrected chi connectivity index (χ0v) is 17.3. The van der Waals surface area contributed by atoms with Crippen molar-refractivity contribution in [3.63, 3.8) is 0 Å². The molecule has 0 aromatic heterocycles. The summed E-state index contributed by atoms with van der Waals surface area (Å²) in [6.45, 7) is 6.17. The number of amides is 1. The number of ether oxygens (including phenoxy) is 2. The molecule has 0 saturated heterocycles. The van der Waals surface area contributed by atoms with Crippen LogP contribution >= 0.6 is 23.2 Å². The molecule has 0 bridgehead atoms. The number of carbonyl (C=O) groups excluding carboxylic acids is 1. The van der Waals surface area contributed by atoms with E-state index in [4.69, 9.17) is 32.7 Å². The number of hydrogen-bond donors (Lipinski definition) is 1. The van der Waals surface area contributed by atoms with Crippen molar-refractivity contribution >= 4 is 40.9 Å². The third-order valence-electron chi connectivity index (χ3n) is 3.48. The number of benzene rings is 2. The Bertz CT molecular complexity index is 934. The molecule has 7 heteroatoms. The van der Waals surface area contributed by atoms with Gasteiger partial charge >= 0.3 is 0 Å². The van der Waals surface area contributed by atoms with Crippen molar-refractivity contribution in [3.05, 3.63) is 57.6 Å². The Hall–Kier alpha value is -2.68. The third-order valence-corrected chi connectivity index (χ3v) is 4.22. The van der Waals surface area contributed by atoms with Crippen LogP contribution in [0.15, 0.2) is 42.0 Å². The van der Waals surface area contributed by atoms with E-state index in [0.717, 1.165) is 0 Å². The highest BCUT2D eigenvalue weighted by molar-refractivity contribution is 6.42. The molecule has 0 saturated carbocycles. The first-order valence-corrected chi connectivity index (χ1v) is 9.41. The van der Waals surface area contributed by atoms with Gasteiger partial charge in [0.05, 0.1) is 22.8 Å². The molecule has 0 unspecified atom stereocenters. The topological polar surface area (TPSA) is 71.3 Å². The van der Waals surface area contributed by atoms with Crippen LogP contribution in [0.2, 0.25) is 10.0 Å². The van der Waals surface area contributed by atoms with Gasteiger partial charge < -0.3 is 14.8 Å². The third kappa shape index (κ3) is 5.91. The first-order valence-electron chi connectivity index (χ1n) is 8.65. The van der Waals surface area contributed by atoms with Gasteiger partial charge in [-0.3, -0.25) is 4.79 Å². The molecule has 0 aliphatic heterocycles. The Kier molecular flexibility index (Phi) is 7.74. The fraction of sp³-hybridized carbons (Fsp3) is 0.238. The number of nitrogens with one attached hydrogen (secondary N) is 1. The lowest BCUT2D eigenvalue weighted by molar-refractivity contribution is -0.112. The van der Waals surface area contributed by atoms with E-state index in [0.29, 0.717) is 39.4 Å². The summed E-state index contributed by atoms with van der Waals surface area (Å²) >= 11 is 11.8. The molecule has 0 aliphatic carbocycles. The summed E-state index contributed by atoms with van der Waals surface area (Å²) in [6, 6.07) is 11.8. The average Bonchev–Trinajstić information content (AvgIpc) is 2.64. The monoisotopic (exact) mass is 418 g/mol. The van der Waals surface area contributed by atoms with E-state index in [1.807, 2.05) is 26.8 Å². The van der Waals surface area contributed by atoms with Gasteiger partial charge in [0.2, 0.25) is 0 Å². The van der Waals surface area contributed by atoms with Gasteiger partial charge in [-0.15, -0.1) is 0 Å². The molecule has 1 amide bonds. The van der Waals surface area contributed by atoms with Crippen LogP contribution in [0.1, 0.15) is 26.3 Å². The van der Waals surface area contributed by atoms with Gasteiger partial charge in [-0.2, -0.15) is 5.26 Å². The minimum atomic E-state index is -0.554. The van der Waals surface area contributed by atoms with E-state index in [2.05, 4.69) is 5.32 Å². The Morgan fingerprint density at radius 1 is 1.18 bits per heavy atom. The van der Waals surface area contributed by atoms with Crippen LogP contribution in [0.5, 0.6) is 11.5 Å². The van der Waals surface area contributed by atoms with Crippen LogP contribution in [0.4, 0.5) is 5.69 Å². The summed E-state index contributed by atoms with van der Waals surface area (Å²) in [6.07, 6.45) is 1.47. The van der Waals surface area contributed by atoms with E-state index < -0.39 is 5.91 Å². The minimum Gasteiger partial charge on any atom is -0.490 e. The lowest BCUT2D eigenvalue weighted by Gasteiger charge is -2.15. The highest BCUT2D eigenvalue weighted by Gasteiger charge is 2.12. The Morgan fingerprint density at radius 2 is 1.93 bits per heavy atom. The van der Waals surface area contributed by atoms with E-state index in [-0.39, 0.29) is 11.7 Å². The number of rotatable bonds is 7. The second kappa shape index (κ2) is 10.0. The highest BCUT2D eigenvalue weighted by atomic mass is 35.5. The quantitative estimate of drug-likeness (QED) is 0.460. The van der Waals surface area contributed by atoms with Gasteiger partial charge in [-0.1, -0.05) is 29.3 Å². The first-order chi connectivity index (χ1) is 13.3. The van der Waals surface area contributed by atoms with Crippen molar-refractivity contribution in [2.45, 2.75) is 26.9 Å². The highest BCUT2D eigenvalue weighted by Crippen LogP contribution is 2.30. The predicted octanol–water partition coefficient (Wildman–Crippen LogP) is 5.72. The molecular formula is C21H20Cl2N2O3. The molecule has 0 fully saturated rings. The largest absolute Gasteiger partial charge is 0.490 e. The summed E-state index contributed by atoms with van der Waals surface area (Å²) in [4.78, 5) is 12.4. The van der Waals surface area contributed by atoms with Crippen molar-refractivity contribution < 1.29 is 14.3 Å². The summed E-state index contributed by atoms with van der Waals surface area (Å²) in [5.74, 6) is 0.598. The van der Waals surface area contributed by atoms with Crippen LogP contribution < -0.4 is 14.8 Å².